The molecular weight excluding hydrogens is 433 g/mol. The molecule has 0 saturated heterocycles. The molecule has 152 valence electrons. The van der Waals surface area contributed by atoms with Crippen LogP contribution in [0.5, 0.6) is 5.75 Å². The maximum atomic E-state index is 11.9. The number of amides is 2. The monoisotopic (exact) mass is 445 g/mol. The predicted molar refractivity (Wildman–Crippen MR) is 111 cm³/mol. The molecule has 2 N–H and O–H groups in total. The average Bonchev–Trinajstić information content (AvgIpc) is 3.27. The minimum Gasteiger partial charge on any atom is -0.457 e. The number of furan rings is 1. The van der Waals surface area contributed by atoms with Crippen LogP contribution in [0.1, 0.15) is 16.1 Å². The van der Waals surface area contributed by atoms with Crippen LogP contribution < -0.4 is 15.5 Å². The largest absolute Gasteiger partial charge is 0.457 e. The van der Waals surface area contributed by atoms with E-state index in [2.05, 4.69) is 15.8 Å². The Kier molecular flexibility index (Phi) is 6.84. The van der Waals surface area contributed by atoms with Crippen molar-refractivity contribution in [3.05, 3.63) is 82.2 Å². The summed E-state index contributed by atoms with van der Waals surface area (Å²) < 4.78 is 10.1. The molecule has 30 heavy (non-hydrogen) atoms. The van der Waals surface area contributed by atoms with E-state index in [-0.39, 0.29) is 21.5 Å². The zero-order valence-corrected chi connectivity index (χ0v) is 16.6. The summed E-state index contributed by atoms with van der Waals surface area (Å²) in [6.07, 6.45) is 2.68. The van der Waals surface area contributed by atoms with Gasteiger partial charge in [0.2, 0.25) is 5.76 Å². The first-order valence-corrected chi connectivity index (χ1v) is 9.14. The van der Waals surface area contributed by atoms with Crippen LogP contribution in [0.4, 0.5) is 5.69 Å². The molecule has 0 aliphatic rings. The fourth-order valence-corrected chi connectivity index (χ4v) is 2.52. The van der Waals surface area contributed by atoms with Crippen molar-refractivity contribution >= 4 is 52.9 Å². The van der Waals surface area contributed by atoms with Crippen LogP contribution >= 0.6 is 23.2 Å². The lowest BCUT2D eigenvalue weighted by molar-refractivity contribution is -0.136. The van der Waals surface area contributed by atoms with E-state index < -0.39 is 17.8 Å². The van der Waals surface area contributed by atoms with Crippen molar-refractivity contribution in [2.75, 3.05) is 5.32 Å². The Labute approximate surface area is 180 Å². The minimum absolute atomic E-state index is 0.0840. The molecule has 1 aromatic heterocycles. The molecule has 0 bridgehead atoms. The number of anilines is 1. The Morgan fingerprint density at radius 1 is 0.967 bits per heavy atom. The maximum Gasteiger partial charge on any atom is 0.379 e. The van der Waals surface area contributed by atoms with Gasteiger partial charge in [0, 0.05) is 0 Å². The number of ether oxygens (including phenoxy) is 1. The zero-order chi connectivity index (χ0) is 21.5. The molecule has 0 spiro atoms. The second kappa shape index (κ2) is 9.73. The Hall–Kier alpha value is -3.62. The van der Waals surface area contributed by atoms with Crippen LogP contribution in [-0.2, 0) is 9.59 Å². The zero-order valence-electron chi connectivity index (χ0n) is 15.1. The minimum atomic E-state index is -0.994. The van der Waals surface area contributed by atoms with E-state index in [1.165, 1.54) is 36.7 Å². The maximum absolute atomic E-state index is 11.9. The summed E-state index contributed by atoms with van der Waals surface area (Å²) in [6.45, 7) is 0. The highest BCUT2D eigenvalue weighted by molar-refractivity contribution is 6.45. The lowest BCUT2D eigenvalue weighted by Crippen LogP contribution is -2.32. The van der Waals surface area contributed by atoms with Gasteiger partial charge < -0.3 is 14.5 Å². The molecule has 0 aliphatic heterocycles. The van der Waals surface area contributed by atoms with Crippen LogP contribution in [0.2, 0.25) is 10.0 Å². The lowest BCUT2D eigenvalue weighted by atomic mass is 10.2. The second-order valence-electron chi connectivity index (χ2n) is 5.69. The first-order valence-electron chi connectivity index (χ1n) is 8.38. The molecule has 0 aliphatic carbocycles. The second-order valence-corrected chi connectivity index (χ2v) is 6.48. The third-order valence-corrected chi connectivity index (χ3v) is 4.42. The average molecular weight is 446 g/mol. The normalized spacial score (nSPS) is 10.6. The summed E-state index contributed by atoms with van der Waals surface area (Å²) in [6, 6.07) is 14.0. The highest BCUT2D eigenvalue weighted by Crippen LogP contribution is 2.29. The van der Waals surface area contributed by atoms with E-state index in [0.29, 0.717) is 11.3 Å². The van der Waals surface area contributed by atoms with Gasteiger partial charge in [-0.05, 0) is 54.1 Å². The number of esters is 1. The molecule has 2 amide bonds. The highest BCUT2D eigenvalue weighted by Gasteiger charge is 2.15. The highest BCUT2D eigenvalue weighted by atomic mass is 35.5. The summed E-state index contributed by atoms with van der Waals surface area (Å²) in [5.74, 6) is -2.20. The molecule has 3 aromatic rings. The molecule has 3 rings (SSSR count). The molecule has 10 heteroatoms. The third-order valence-electron chi connectivity index (χ3n) is 3.60. The van der Waals surface area contributed by atoms with Crippen molar-refractivity contribution in [3.63, 3.8) is 0 Å². The molecule has 8 nitrogen and oxygen atoms in total. The van der Waals surface area contributed by atoms with E-state index in [1.807, 2.05) is 0 Å². The van der Waals surface area contributed by atoms with E-state index in [4.69, 9.17) is 32.4 Å². The van der Waals surface area contributed by atoms with Gasteiger partial charge in [0.1, 0.15) is 5.75 Å². The van der Waals surface area contributed by atoms with Crippen molar-refractivity contribution in [1.82, 2.24) is 5.43 Å². The summed E-state index contributed by atoms with van der Waals surface area (Å²) in [7, 11) is 0. The summed E-state index contributed by atoms with van der Waals surface area (Å²) in [4.78, 5) is 35.5. The van der Waals surface area contributed by atoms with Crippen molar-refractivity contribution in [2.45, 2.75) is 0 Å². The number of nitrogens with one attached hydrogen (secondary N) is 2. The van der Waals surface area contributed by atoms with Crippen LogP contribution in [0.25, 0.3) is 0 Å². The fraction of sp³-hybridized carbons (Fsp3) is 0. The van der Waals surface area contributed by atoms with Crippen molar-refractivity contribution in [3.8, 4) is 5.75 Å². The number of nitrogens with zero attached hydrogens (tertiary/aromatic N) is 1. The summed E-state index contributed by atoms with van der Waals surface area (Å²) >= 11 is 11.8. The Bertz CT molecular complexity index is 1100. The standard InChI is InChI=1S/C20H13Cl2N3O5/c21-14-3-1-4-15(17(14)22)24-18(26)19(27)25-23-11-12-6-8-13(9-7-12)30-20(28)16-5-2-10-29-16/h1-11H,(H,24,26)(H,25,27)/b23-11-. The third kappa shape index (κ3) is 5.47. The van der Waals surface area contributed by atoms with Crippen molar-refractivity contribution in [2.24, 2.45) is 5.10 Å². The van der Waals surface area contributed by atoms with E-state index in [1.54, 1.807) is 30.3 Å². The van der Waals surface area contributed by atoms with Gasteiger partial charge in [0.25, 0.3) is 0 Å². The molecule has 0 saturated carbocycles. The van der Waals surface area contributed by atoms with E-state index in [9.17, 15) is 14.4 Å². The first kappa shape index (κ1) is 21.1. The summed E-state index contributed by atoms with van der Waals surface area (Å²) in [5.41, 5.74) is 2.89. The van der Waals surface area contributed by atoms with Gasteiger partial charge in [-0.2, -0.15) is 5.10 Å². The van der Waals surface area contributed by atoms with Gasteiger partial charge in [0.05, 0.1) is 28.2 Å². The number of hydrogen-bond acceptors (Lipinski definition) is 6. The van der Waals surface area contributed by atoms with Crippen molar-refractivity contribution in [1.29, 1.82) is 0 Å². The van der Waals surface area contributed by atoms with Gasteiger partial charge in [-0.3, -0.25) is 9.59 Å². The first-order chi connectivity index (χ1) is 14.4. The molecule has 0 atom stereocenters. The van der Waals surface area contributed by atoms with Crippen LogP contribution in [-0.4, -0.2) is 24.0 Å². The smallest absolute Gasteiger partial charge is 0.379 e. The quantitative estimate of drug-likeness (QED) is 0.203. The molecule has 0 unspecified atom stereocenters. The van der Waals surface area contributed by atoms with Crippen molar-refractivity contribution < 1.29 is 23.5 Å². The number of rotatable bonds is 5. The molecule has 2 aromatic carbocycles. The number of benzene rings is 2. The Morgan fingerprint density at radius 3 is 2.43 bits per heavy atom. The van der Waals surface area contributed by atoms with Crippen LogP contribution in [0.15, 0.2) is 70.4 Å². The number of hydrazone groups is 1. The number of hydrogen-bond donors (Lipinski definition) is 2. The van der Waals surface area contributed by atoms with Crippen LogP contribution in [0, 0.1) is 0 Å². The number of carbonyl (C=O) groups is 3. The number of halogens is 2. The van der Waals surface area contributed by atoms with E-state index >= 15 is 0 Å². The van der Waals surface area contributed by atoms with Gasteiger partial charge in [0.15, 0.2) is 0 Å². The molecule has 0 radical (unpaired) electrons. The Balaban J connectivity index is 1.52. The van der Waals surface area contributed by atoms with Gasteiger partial charge >= 0.3 is 17.8 Å². The Morgan fingerprint density at radius 2 is 1.73 bits per heavy atom. The van der Waals surface area contributed by atoms with Gasteiger partial charge in [-0.15, -0.1) is 0 Å². The number of carbonyl (C=O) groups excluding carboxylic acids is 3. The topological polar surface area (TPSA) is 110 Å². The van der Waals surface area contributed by atoms with E-state index in [0.717, 1.165) is 0 Å². The predicted octanol–water partition coefficient (Wildman–Crippen LogP) is 3.89. The SMILES string of the molecule is O=C(N/N=C\c1ccc(OC(=O)c2ccco2)cc1)C(=O)Nc1cccc(Cl)c1Cl. The van der Waals surface area contributed by atoms with Crippen LogP contribution in [0.3, 0.4) is 0 Å². The molecule has 0 fully saturated rings. The molecular formula is C20H13Cl2N3O5. The van der Waals surface area contributed by atoms with Gasteiger partial charge in [-0.1, -0.05) is 29.3 Å². The summed E-state index contributed by atoms with van der Waals surface area (Å²) in [5, 5.41) is 6.41. The molecule has 1 heterocycles. The lowest BCUT2D eigenvalue weighted by Gasteiger charge is -2.06. The van der Waals surface area contributed by atoms with Gasteiger partial charge in [-0.25, -0.2) is 10.2 Å². The fourth-order valence-electron chi connectivity index (χ4n) is 2.17.